The maximum atomic E-state index is 12.0. The number of ether oxygens (including phenoxy) is 1. The molecule has 0 unspecified atom stereocenters. The van der Waals surface area contributed by atoms with Crippen LogP contribution in [0.5, 0.6) is 0 Å². The third-order valence-corrected chi connectivity index (χ3v) is 4.27. The van der Waals surface area contributed by atoms with Crippen LogP contribution in [-0.4, -0.2) is 59.6 Å². The van der Waals surface area contributed by atoms with Crippen LogP contribution in [0.2, 0.25) is 6.82 Å². The van der Waals surface area contributed by atoms with Gasteiger partial charge >= 0.3 is 13.0 Å². The summed E-state index contributed by atoms with van der Waals surface area (Å²) >= 11 is 0. The van der Waals surface area contributed by atoms with Gasteiger partial charge < -0.3 is 19.5 Å². The summed E-state index contributed by atoms with van der Waals surface area (Å²) in [5, 5.41) is 9.78. The summed E-state index contributed by atoms with van der Waals surface area (Å²) in [7, 11) is 1.61. The van der Waals surface area contributed by atoms with Crippen molar-refractivity contribution < 1.29 is 14.6 Å². The van der Waals surface area contributed by atoms with Crippen molar-refractivity contribution in [2.24, 2.45) is 0 Å². The first kappa shape index (κ1) is 18.7. The molecule has 24 heavy (non-hydrogen) atoms. The fourth-order valence-corrected chi connectivity index (χ4v) is 2.90. The van der Waals surface area contributed by atoms with Crippen molar-refractivity contribution in [2.75, 3.05) is 25.0 Å². The molecule has 1 saturated heterocycles. The van der Waals surface area contributed by atoms with Crippen LogP contribution in [0.3, 0.4) is 0 Å². The molecule has 0 aromatic carbocycles. The van der Waals surface area contributed by atoms with Gasteiger partial charge in [0, 0.05) is 19.6 Å². The quantitative estimate of drug-likeness (QED) is 0.672. The second-order valence-corrected chi connectivity index (χ2v) is 7.44. The molecule has 1 aromatic rings. The van der Waals surface area contributed by atoms with E-state index in [4.69, 9.17) is 4.74 Å². The normalized spacial score (nSPS) is 19.0. The van der Waals surface area contributed by atoms with E-state index < -0.39 is 18.6 Å². The van der Waals surface area contributed by atoms with Crippen molar-refractivity contribution >= 4 is 18.7 Å². The fourth-order valence-electron chi connectivity index (χ4n) is 2.90. The summed E-state index contributed by atoms with van der Waals surface area (Å²) in [6.45, 7) is 9.07. The predicted molar refractivity (Wildman–Crippen MR) is 96.2 cm³/mol. The molecule has 2 rings (SSSR count). The first-order valence-corrected chi connectivity index (χ1v) is 8.52. The maximum absolute atomic E-state index is 12.0. The van der Waals surface area contributed by atoms with Crippen LogP contribution in [-0.2, 0) is 4.74 Å². The second kappa shape index (κ2) is 7.53. The highest BCUT2D eigenvalue weighted by Crippen LogP contribution is 2.22. The molecule has 0 spiro atoms. The van der Waals surface area contributed by atoms with Gasteiger partial charge in [0.15, 0.2) is 0 Å². The van der Waals surface area contributed by atoms with Gasteiger partial charge in [0.1, 0.15) is 11.3 Å². The monoisotopic (exact) mass is 333 g/mol. The number of nitrogens with zero attached hydrogens (tertiary/aromatic N) is 3. The Labute approximate surface area is 144 Å². The van der Waals surface area contributed by atoms with E-state index in [9.17, 15) is 9.82 Å². The lowest BCUT2D eigenvalue weighted by Crippen LogP contribution is -2.51. The Bertz CT molecular complexity index is 557. The number of carbonyl (C=O) groups is 1. The molecular formula is C17H28BN3O3. The summed E-state index contributed by atoms with van der Waals surface area (Å²) in [4.78, 5) is 20.5. The molecule has 1 N–H and O–H groups in total. The Hall–Kier alpha value is -1.60. The van der Waals surface area contributed by atoms with Gasteiger partial charge in [-0.1, -0.05) is 0 Å². The van der Waals surface area contributed by atoms with Gasteiger partial charge in [-0.15, -0.1) is 0 Å². The molecule has 1 atom stereocenters. The largest absolute Gasteiger partial charge is 0.455 e. The number of esters is 1. The Morgan fingerprint density at radius 2 is 2.17 bits per heavy atom. The van der Waals surface area contributed by atoms with Crippen LogP contribution < -0.4 is 4.90 Å². The lowest BCUT2D eigenvalue weighted by Gasteiger charge is -2.39. The van der Waals surface area contributed by atoms with Gasteiger partial charge in [-0.25, -0.2) is 9.78 Å². The van der Waals surface area contributed by atoms with Gasteiger partial charge in [-0.2, -0.15) is 0 Å². The van der Waals surface area contributed by atoms with Gasteiger partial charge in [0.05, 0.1) is 11.9 Å². The second-order valence-electron chi connectivity index (χ2n) is 7.44. The van der Waals surface area contributed by atoms with Gasteiger partial charge in [-0.05, 0) is 59.1 Å². The molecule has 2 heterocycles. The minimum Gasteiger partial charge on any atom is -0.455 e. The Morgan fingerprint density at radius 1 is 1.46 bits per heavy atom. The number of carbonyl (C=O) groups excluding carboxylic acids is 1. The number of pyridine rings is 1. The van der Waals surface area contributed by atoms with Crippen LogP contribution in [0.15, 0.2) is 18.3 Å². The molecule has 7 heteroatoms. The van der Waals surface area contributed by atoms with E-state index >= 15 is 0 Å². The van der Waals surface area contributed by atoms with E-state index in [0.717, 1.165) is 31.6 Å². The minimum absolute atomic E-state index is 0.316. The highest BCUT2D eigenvalue weighted by molar-refractivity contribution is 6.45. The zero-order valence-electron chi connectivity index (χ0n) is 15.3. The predicted octanol–water partition coefficient (Wildman–Crippen LogP) is 2.05. The van der Waals surface area contributed by atoms with E-state index in [1.807, 2.05) is 33.9 Å². The zero-order valence-corrected chi connectivity index (χ0v) is 15.3. The maximum Gasteiger partial charge on any atom is 0.376 e. The molecule has 0 bridgehead atoms. The molecule has 0 amide bonds. The lowest BCUT2D eigenvalue weighted by atomic mass is 9.82. The summed E-state index contributed by atoms with van der Waals surface area (Å²) < 4.78 is 5.33. The third kappa shape index (κ3) is 4.95. The molecule has 1 aromatic heterocycles. The number of likely N-dealkylation sites (N-methyl/N-ethyl adjacent to an activating group) is 1. The summed E-state index contributed by atoms with van der Waals surface area (Å²) in [5.41, 5.74) is 0.747. The Morgan fingerprint density at radius 3 is 2.71 bits per heavy atom. The topological polar surface area (TPSA) is 65.9 Å². The Kier molecular flexibility index (Phi) is 5.88. The van der Waals surface area contributed by atoms with Crippen LogP contribution in [0.4, 0.5) is 5.69 Å². The van der Waals surface area contributed by atoms with E-state index in [2.05, 4.69) is 14.7 Å². The third-order valence-electron chi connectivity index (χ3n) is 4.27. The lowest BCUT2D eigenvalue weighted by molar-refractivity contribution is 0.00629. The summed E-state index contributed by atoms with van der Waals surface area (Å²) in [6, 6.07) is 3.92. The van der Waals surface area contributed by atoms with Crippen LogP contribution in [0.25, 0.3) is 0 Å². The summed E-state index contributed by atoms with van der Waals surface area (Å²) in [6.07, 6.45) is 3.84. The molecule has 6 nitrogen and oxygen atoms in total. The highest BCUT2D eigenvalue weighted by atomic mass is 16.6. The van der Waals surface area contributed by atoms with Crippen molar-refractivity contribution in [2.45, 2.75) is 52.1 Å². The van der Waals surface area contributed by atoms with Crippen LogP contribution >= 0.6 is 0 Å². The molecule has 1 fully saturated rings. The molecule has 0 aliphatic carbocycles. The van der Waals surface area contributed by atoms with Gasteiger partial charge in [0.25, 0.3) is 0 Å². The number of hydrogen-bond acceptors (Lipinski definition) is 6. The molecule has 1 aliphatic heterocycles. The van der Waals surface area contributed by atoms with E-state index in [1.54, 1.807) is 19.1 Å². The van der Waals surface area contributed by atoms with Crippen molar-refractivity contribution in [1.82, 2.24) is 9.79 Å². The Balaban J connectivity index is 2.03. The number of rotatable bonds is 4. The van der Waals surface area contributed by atoms with Crippen molar-refractivity contribution in [3.8, 4) is 0 Å². The van der Waals surface area contributed by atoms with E-state index in [1.165, 1.54) is 0 Å². The van der Waals surface area contributed by atoms with E-state index in [-0.39, 0.29) is 0 Å². The molecule has 132 valence electrons. The summed E-state index contributed by atoms with van der Waals surface area (Å²) in [5.74, 6) is -0.408. The average Bonchev–Trinajstić information content (AvgIpc) is 2.53. The number of hydrogen-bond donors (Lipinski definition) is 1. The van der Waals surface area contributed by atoms with E-state index in [0.29, 0.717) is 11.7 Å². The molecule has 0 saturated carbocycles. The van der Waals surface area contributed by atoms with Gasteiger partial charge in [0.2, 0.25) is 0 Å². The fraction of sp³-hybridized carbons (Fsp3) is 0.647. The molecule has 0 radical (unpaired) electrons. The first-order valence-electron chi connectivity index (χ1n) is 8.52. The SMILES string of the molecule is CB(O)N1CCC[C@@H](N(C)c2ccc(C(=O)OC(C)(C)C)nc2)C1. The van der Waals surface area contributed by atoms with Gasteiger partial charge in [-0.3, -0.25) is 0 Å². The average molecular weight is 333 g/mol. The van der Waals surface area contributed by atoms with Crippen molar-refractivity contribution in [3.63, 3.8) is 0 Å². The number of anilines is 1. The van der Waals surface area contributed by atoms with Crippen molar-refractivity contribution in [3.05, 3.63) is 24.0 Å². The smallest absolute Gasteiger partial charge is 0.376 e. The van der Waals surface area contributed by atoms with Crippen molar-refractivity contribution in [1.29, 1.82) is 0 Å². The van der Waals surface area contributed by atoms with Crippen LogP contribution in [0, 0.1) is 0 Å². The number of piperidine rings is 1. The molecule has 1 aliphatic rings. The zero-order chi connectivity index (χ0) is 17.9. The minimum atomic E-state index is -0.527. The standard InChI is InChI=1S/C17H28BN3O3/c1-17(2,3)24-16(22)15-9-8-13(11-19-15)20(5)14-7-6-10-21(12-14)18(4)23/h8-9,11,14,23H,6-7,10,12H2,1-5H3/t14-/m1/s1. The highest BCUT2D eigenvalue weighted by Gasteiger charge is 2.27. The number of aromatic nitrogens is 1. The first-order chi connectivity index (χ1) is 11.2. The molecular weight excluding hydrogens is 305 g/mol. The van der Waals surface area contributed by atoms with Crippen LogP contribution in [0.1, 0.15) is 44.1 Å².